The number of hydrogen-bond acceptors (Lipinski definition) is 8. The molecular weight excluding hydrogens is 466 g/mol. The fourth-order valence-electron chi connectivity index (χ4n) is 5.03. The van der Waals surface area contributed by atoms with E-state index in [9.17, 15) is 0 Å². The lowest BCUT2D eigenvalue weighted by molar-refractivity contribution is 0.192. The first-order valence-electron chi connectivity index (χ1n) is 12.8. The van der Waals surface area contributed by atoms with Crippen LogP contribution in [0, 0.1) is 6.92 Å². The Labute approximate surface area is 215 Å². The molecule has 5 heterocycles. The van der Waals surface area contributed by atoms with E-state index < -0.39 is 0 Å². The Bertz CT molecular complexity index is 1520. The van der Waals surface area contributed by atoms with E-state index in [4.69, 9.17) is 4.74 Å². The maximum Gasteiger partial charge on any atom is 0.158 e. The summed E-state index contributed by atoms with van der Waals surface area (Å²) in [6.45, 7) is 8.32. The Morgan fingerprint density at radius 1 is 0.973 bits per heavy atom. The molecule has 10 nitrogen and oxygen atoms in total. The van der Waals surface area contributed by atoms with Gasteiger partial charge in [0.15, 0.2) is 11.5 Å². The van der Waals surface area contributed by atoms with Crippen LogP contribution in [-0.4, -0.2) is 59.8 Å². The van der Waals surface area contributed by atoms with Crippen molar-refractivity contribution < 1.29 is 4.74 Å². The summed E-state index contributed by atoms with van der Waals surface area (Å²) in [4.78, 5) is 11.3. The van der Waals surface area contributed by atoms with Gasteiger partial charge in [0.25, 0.3) is 0 Å². The summed E-state index contributed by atoms with van der Waals surface area (Å²) in [7, 11) is 0. The molecule has 5 aromatic rings. The largest absolute Gasteiger partial charge is 0.457 e. The van der Waals surface area contributed by atoms with E-state index in [1.54, 1.807) is 10.8 Å². The number of nitrogens with zero attached hydrogens (tertiary/aromatic N) is 7. The third-order valence-corrected chi connectivity index (χ3v) is 6.93. The molecule has 0 saturated carbocycles. The number of nitrogens with one attached hydrogen (secondary N) is 2. The fraction of sp³-hybridized carbons (Fsp3) is 0.333. The predicted octanol–water partition coefficient (Wildman–Crippen LogP) is 4.19. The highest BCUT2D eigenvalue weighted by Crippen LogP contribution is 2.30. The summed E-state index contributed by atoms with van der Waals surface area (Å²) < 4.78 is 9.74. The molecule has 0 spiro atoms. The van der Waals surface area contributed by atoms with Crippen molar-refractivity contribution in [1.29, 1.82) is 0 Å². The monoisotopic (exact) mass is 497 g/mol. The van der Waals surface area contributed by atoms with Crippen molar-refractivity contribution in [3.8, 4) is 11.5 Å². The molecule has 190 valence electrons. The van der Waals surface area contributed by atoms with E-state index in [2.05, 4.69) is 54.8 Å². The molecule has 0 bridgehead atoms. The van der Waals surface area contributed by atoms with Crippen molar-refractivity contribution in [2.45, 2.75) is 39.3 Å². The van der Waals surface area contributed by atoms with E-state index in [0.29, 0.717) is 11.8 Å². The Balaban J connectivity index is 1.18. The lowest BCUT2D eigenvalue weighted by atomic mass is 10.0. The third-order valence-electron chi connectivity index (χ3n) is 6.93. The third kappa shape index (κ3) is 4.98. The van der Waals surface area contributed by atoms with Gasteiger partial charge in [-0.2, -0.15) is 10.2 Å². The van der Waals surface area contributed by atoms with E-state index in [1.165, 1.54) is 24.7 Å². The summed E-state index contributed by atoms with van der Waals surface area (Å²) in [6.07, 6.45) is 9.33. The maximum absolute atomic E-state index is 6.13. The fourth-order valence-corrected chi connectivity index (χ4v) is 5.03. The zero-order valence-corrected chi connectivity index (χ0v) is 21.1. The van der Waals surface area contributed by atoms with Crippen LogP contribution in [0.5, 0.6) is 11.5 Å². The molecule has 0 amide bonds. The average molecular weight is 498 g/mol. The molecule has 1 aromatic carbocycles. The van der Waals surface area contributed by atoms with Crippen LogP contribution in [0.2, 0.25) is 0 Å². The number of aromatic nitrogens is 6. The molecule has 1 aliphatic rings. The van der Waals surface area contributed by atoms with Gasteiger partial charge in [-0.05, 0) is 80.9 Å². The van der Waals surface area contributed by atoms with E-state index in [0.717, 1.165) is 60.2 Å². The number of rotatable bonds is 8. The minimum absolute atomic E-state index is 0.633. The molecule has 1 saturated heterocycles. The van der Waals surface area contributed by atoms with Crippen LogP contribution in [0.25, 0.3) is 11.2 Å². The number of ether oxygens (including phenoxy) is 1. The maximum atomic E-state index is 6.13. The molecule has 6 rings (SSSR count). The first-order valence-corrected chi connectivity index (χ1v) is 12.8. The standard InChI is InChI=1S/C27H31N9O/c1-3-28-21-7-10-34(11-8-21)16-20-6-12-36-26(20)27(30-18-32-36)33-22-4-5-24(19(2)14-22)37-23-9-13-35-25(15-23)29-17-31-35/h4-6,9,12-15,17-18,21,28H,3,7-8,10-11,16H2,1-2H3,(H,30,32,33). The quantitative estimate of drug-likeness (QED) is 0.329. The SMILES string of the molecule is CCNC1CCN(Cc2ccn3ncnc(Nc4ccc(Oc5ccn6ncnc6c5)c(C)c4)c23)CC1. The van der Waals surface area contributed by atoms with Crippen LogP contribution in [-0.2, 0) is 6.54 Å². The Hall–Kier alpha value is -4.02. The molecule has 4 aromatic heterocycles. The molecule has 1 fully saturated rings. The second kappa shape index (κ2) is 10.2. The van der Waals surface area contributed by atoms with Crippen LogP contribution >= 0.6 is 0 Å². The van der Waals surface area contributed by atoms with Crippen LogP contribution in [0.15, 0.2) is 61.4 Å². The summed E-state index contributed by atoms with van der Waals surface area (Å²) in [5.41, 5.74) is 4.93. The van der Waals surface area contributed by atoms with Crippen LogP contribution in [0.4, 0.5) is 11.5 Å². The molecular formula is C27H31N9O. The predicted molar refractivity (Wildman–Crippen MR) is 142 cm³/mol. The zero-order valence-electron chi connectivity index (χ0n) is 21.1. The minimum Gasteiger partial charge on any atom is -0.457 e. The smallest absolute Gasteiger partial charge is 0.158 e. The number of likely N-dealkylation sites (tertiary alicyclic amines) is 1. The minimum atomic E-state index is 0.633. The van der Waals surface area contributed by atoms with Crippen molar-refractivity contribution in [1.82, 2.24) is 39.4 Å². The molecule has 2 N–H and O–H groups in total. The highest BCUT2D eigenvalue weighted by atomic mass is 16.5. The second-order valence-corrected chi connectivity index (χ2v) is 9.48. The first-order chi connectivity index (χ1) is 18.2. The van der Waals surface area contributed by atoms with Gasteiger partial charge in [0, 0.05) is 36.7 Å². The highest BCUT2D eigenvalue weighted by Gasteiger charge is 2.20. The molecule has 0 atom stereocenters. The molecule has 0 unspecified atom stereocenters. The van der Waals surface area contributed by atoms with Crippen LogP contribution in [0.1, 0.15) is 30.9 Å². The van der Waals surface area contributed by atoms with Gasteiger partial charge in [-0.15, -0.1) is 0 Å². The van der Waals surface area contributed by atoms with Gasteiger partial charge in [-0.1, -0.05) is 6.92 Å². The molecule has 1 aliphatic heterocycles. The average Bonchev–Trinajstić information content (AvgIpc) is 3.54. The van der Waals surface area contributed by atoms with Gasteiger partial charge in [0.1, 0.15) is 29.7 Å². The van der Waals surface area contributed by atoms with Gasteiger partial charge < -0.3 is 15.4 Å². The normalized spacial score (nSPS) is 15.0. The Morgan fingerprint density at radius 3 is 2.62 bits per heavy atom. The summed E-state index contributed by atoms with van der Waals surface area (Å²) in [6, 6.07) is 12.6. The van der Waals surface area contributed by atoms with Crippen LogP contribution in [0.3, 0.4) is 0 Å². The highest BCUT2D eigenvalue weighted by molar-refractivity contribution is 5.76. The summed E-state index contributed by atoms with van der Waals surface area (Å²) >= 11 is 0. The topological polar surface area (TPSA) is 96.9 Å². The first kappa shape index (κ1) is 23.4. The van der Waals surface area contributed by atoms with Crippen LogP contribution < -0.4 is 15.4 Å². The van der Waals surface area contributed by atoms with Crippen molar-refractivity contribution in [2.75, 3.05) is 25.0 Å². The number of hydrogen-bond donors (Lipinski definition) is 2. The van der Waals surface area contributed by atoms with Gasteiger partial charge in [0.2, 0.25) is 0 Å². The van der Waals surface area contributed by atoms with E-state index >= 15 is 0 Å². The van der Waals surface area contributed by atoms with Gasteiger partial charge in [-0.3, -0.25) is 4.90 Å². The number of fused-ring (bicyclic) bond motifs is 2. The number of aryl methyl sites for hydroxylation is 1. The summed E-state index contributed by atoms with van der Waals surface area (Å²) in [5.74, 6) is 2.30. The van der Waals surface area contributed by atoms with Crippen molar-refractivity contribution in [3.05, 3.63) is 72.6 Å². The second-order valence-electron chi connectivity index (χ2n) is 9.48. The van der Waals surface area contributed by atoms with Crippen molar-refractivity contribution in [2.24, 2.45) is 0 Å². The lowest BCUT2D eigenvalue weighted by Gasteiger charge is -2.32. The lowest BCUT2D eigenvalue weighted by Crippen LogP contribution is -2.42. The number of piperidine rings is 1. The van der Waals surface area contributed by atoms with E-state index in [-0.39, 0.29) is 0 Å². The number of pyridine rings is 1. The molecule has 0 aliphatic carbocycles. The van der Waals surface area contributed by atoms with Gasteiger partial charge in [-0.25, -0.2) is 19.0 Å². The molecule has 37 heavy (non-hydrogen) atoms. The van der Waals surface area contributed by atoms with Gasteiger partial charge >= 0.3 is 0 Å². The Kier molecular flexibility index (Phi) is 6.42. The van der Waals surface area contributed by atoms with Crippen molar-refractivity contribution >= 4 is 22.7 Å². The Morgan fingerprint density at radius 2 is 1.78 bits per heavy atom. The van der Waals surface area contributed by atoms with Gasteiger partial charge in [0.05, 0.1) is 0 Å². The summed E-state index contributed by atoms with van der Waals surface area (Å²) in [5, 5.41) is 15.7. The van der Waals surface area contributed by atoms with Crippen molar-refractivity contribution in [3.63, 3.8) is 0 Å². The molecule has 10 heteroatoms. The van der Waals surface area contributed by atoms with E-state index in [1.807, 2.05) is 48.1 Å². The molecule has 0 radical (unpaired) electrons. The number of benzene rings is 1. The number of anilines is 2. The zero-order chi connectivity index (χ0) is 25.2.